The van der Waals surface area contributed by atoms with Gasteiger partial charge in [-0.3, -0.25) is 4.90 Å². The summed E-state index contributed by atoms with van der Waals surface area (Å²) < 4.78 is 0. The second kappa shape index (κ2) is 5.98. The molecule has 0 spiro atoms. The summed E-state index contributed by atoms with van der Waals surface area (Å²) in [7, 11) is 0. The maximum atomic E-state index is 6.07. The van der Waals surface area contributed by atoms with Crippen molar-refractivity contribution in [1.82, 2.24) is 4.90 Å². The highest BCUT2D eigenvalue weighted by Crippen LogP contribution is 2.31. The number of nitrogens with two attached hydrogens (primary N) is 1. The third-order valence-corrected chi connectivity index (χ3v) is 5.02. The van der Waals surface area contributed by atoms with Crippen LogP contribution in [0, 0.1) is 6.92 Å². The number of fused-ring (bicyclic) bond motifs is 1. The van der Waals surface area contributed by atoms with Crippen LogP contribution in [-0.4, -0.2) is 42.7 Å². The summed E-state index contributed by atoms with van der Waals surface area (Å²) in [5, 5.41) is 0. The van der Waals surface area contributed by atoms with E-state index in [4.69, 9.17) is 5.73 Å². The van der Waals surface area contributed by atoms with E-state index in [-0.39, 0.29) is 6.04 Å². The number of hydrogen-bond donors (Lipinski definition) is 1. The van der Waals surface area contributed by atoms with E-state index in [9.17, 15) is 0 Å². The molecule has 3 unspecified atom stereocenters. The number of benzene rings is 1. The Balaban J connectivity index is 1.88. The first-order valence-electron chi connectivity index (χ1n) is 8.40. The maximum absolute atomic E-state index is 6.07. The Bertz CT molecular complexity index is 497. The minimum Gasteiger partial charge on any atom is -0.366 e. The van der Waals surface area contributed by atoms with Crippen LogP contribution in [0.2, 0.25) is 0 Å². The van der Waals surface area contributed by atoms with Crippen LogP contribution in [0.25, 0.3) is 0 Å². The normalized spacial score (nSPS) is 27.7. The molecule has 116 valence electrons. The molecule has 21 heavy (non-hydrogen) atoms. The molecule has 0 saturated carbocycles. The highest BCUT2D eigenvalue weighted by molar-refractivity contribution is 5.56. The molecule has 2 N–H and O–H groups in total. The fourth-order valence-corrected chi connectivity index (χ4v) is 4.03. The highest BCUT2D eigenvalue weighted by Gasteiger charge is 2.35. The number of hydrogen-bond acceptors (Lipinski definition) is 3. The largest absolute Gasteiger partial charge is 0.366 e. The zero-order chi connectivity index (χ0) is 15.0. The molecule has 0 aliphatic carbocycles. The third-order valence-electron chi connectivity index (χ3n) is 5.02. The molecular formula is C18H29N3. The van der Waals surface area contributed by atoms with E-state index in [1.807, 2.05) is 0 Å². The zero-order valence-corrected chi connectivity index (χ0v) is 13.7. The number of piperazine rings is 1. The Morgan fingerprint density at radius 2 is 2.14 bits per heavy atom. The lowest BCUT2D eigenvalue weighted by molar-refractivity contribution is 0.203. The summed E-state index contributed by atoms with van der Waals surface area (Å²) >= 11 is 0. The van der Waals surface area contributed by atoms with Gasteiger partial charge < -0.3 is 10.6 Å². The first-order chi connectivity index (χ1) is 10.0. The van der Waals surface area contributed by atoms with Gasteiger partial charge in [0.05, 0.1) is 0 Å². The average Bonchev–Trinajstić information content (AvgIpc) is 2.84. The second-order valence-corrected chi connectivity index (χ2v) is 7.11. The van der Waals surface area contributed by atoms with Gasteiger partial charge in [-0.25, -0.2) is 0 Å². The lowest BCUT2D eigenvalue weighted by Crippen LogP contribution is -2.55. The summed E-state index contributed by atoms with van der Waals surface area (Å²) in [6.07, 6.45) is 3.69. The van der Waals surface area contributed by atoms with Crippen molar-refractivity contribution in [2.45, 2.75) is 58.2 Å². The van der Waals surface area contributed by atoms with Gasteiger partial charge in [-0.1, -0.05) is 17.7 Å². The van der Waals surface area contributed by atoms with Crippen LogP contribution in [0.4, 0.5) is 5.69 Å². The molecule has 3 nitrogen and oxygen atoms in total. The number of anilines is 1. The van der Waals surface area contributed by atoms with Gasteiger partial charge in [-0.05, 0) is 58.2 Å². The summed E-state index contributed by atoms with van der Waals surface area (Å²) in [5.41, 5.74) is 10.2. The molecular weight excluding hydrogens is 258 g/mol. The van der Waals surface area contributed by atoms with Gasteiger partial charge in [0.15, 0.2) is 0 Å². The summed E-state index contributed by atoms with van der Waals surface area (Å²) in [5.74, 6) is 0. The third kappa shape index (κ3) is 3.09. The zero-order valence-electron chi connectivity index (χ0n) is 13.7. The number of nitrogens with zero attached hydrogens (tertiary/aromatic N) is 2. The number of aryl methyl sites for hydroxylation is 1. The summed E-state index contributed by atoms with van der Waals surface area (Å²) in [4.78, 5) is 5.31. The molecule has 3 heteroatoms. The topological polar surface area (TPSA) is 32.5 Å². The summed E-state index contributed by atoms with van der Waals surface area (Å²) in [6, 6.07) is 8.45. The van der Waals surface area contributed by atoms with Crippen LogP contribution in [0.3, 0.4) is 0 Å². The fourth-order valence-electron chi connectivity index (χ4n) is 4.03. The molecule has 0 radical (unpaired) electrons. The Morgan fingerprint density at radius 3 is 2.90 bits per heavy atom. The highest BCUT2D eigenvalue weighted by atomic mass is 15.3. The van der Waals surface area contributed by atoms with Gasteiger partial charge in [-0.2, -0.15) is 0 Å². The van der Waals surface area contributed by atoms with Crippen LogP contribution in [-0.2, 0) is 6.42 Å². The van der Waals surface area contributed by atoms with E-state index < -0.39 is 0 Å². The molecule has 0 amide bonds. The smallest absolute Gasteiger partial charge is 0.0402 e. The van der Waals surface area contributed by atoms with Crippen molar-refractivity contribution < 1.29 is 0 Å². The standard InChI is InChI=1S/C18H29N3/c1-13-6-7-18(16(9-13)10-14(2)19)21-12-17-5-4-8-20(17)11-15(21)3/h6-7,9,14-15,17H,4-5,8,10-12,19H2,1-3H3. The van der Waals surface area contributed by atoms with E-state index in [0.29, 0.717) is 6.04 Å². The van der Waals surface area contributed by atoms with Crippen molar-refractivity contribution in [2.75, 3.05) is 24.5 Å². The van der Waals surface area contributed by atoms with Gasteiger partial charge in [0.2, 0.25) is 0 Å². The lowest BCUT2D eigenvalue weighted by Gasteiger charge is -2.44. The molecule has 2 fully saturated rings. The van der Waals surface area contributed by atoms with E-state index in [1.54, 1.807) is 0 Å². The SMILES string of the molecule is Cc1ccc(N2CC3CCCN3CC2C)c(CC(C)N)c1. The van der Waals surface area contributed by atoms with Gasteiger partial charge in [0.1, 0.15) is 0 Å². The van der Waals surface area contributed by atoms with Gasteiger partial charge in [-0.15, -0.1) is 0 Å². The minimum atomic E-state index is 0.216. The molecule has 1 aromatic carbocycles. The van der Waals surface area contributed by atoms with E-state index in [2.05, 4.69) is 48.8 Å². The Morgan fingerprint density at radius 1 is 1.33 bits per heavy atom. The van der Waals surface area contributed by atoms with E-state index in [1.165, 1.54) is 49.3 Å². The van der Waals surface area contributed by atoms with E-state index in [0.717, 1.165) is 12.5 Å². The van der Waals surface area contributed by atoms with Crippen LogP contribution in [0.1, 0.15) is 37.8 Å². The predicted molar refractivity (Wildman–Crippen MR) is 89.9 cm³/mol. The Labute approximate surface area is 129 Å². The number of rotatable bonds is 3. The monoisotopic (exact) mass is 287 g/mol. The minimum absolute atomic E-state index is 0.216. The quantitative estimate of drug-likeness (QED) is 0.927. The van der Waals surface area contributed by atoms with E-state index >= 15 is 0 Å². The van der Waals surface area contributed by atoms with Crippen LogP contribution >= 0.6 is 0 Å². The Hall–Kier alpha value is -1.06. The second-order valence-electron chi connectivity index (χ2n) is 7.11. The first kappa shape index (κ1) is 14.9. The predicted octanol–water partition coefficient (Wildman–Crippen LogP) is 2.56. The van der Waals surface area contributed by atoms with Gasteiger partial charge in [0, 0.05) is 36.9 Å². The van der Waals surface area contributed by atoms with Crippen LogP contribution < -0.4 is 10.6 Å². The lowest BCUT2D eigenvalue weighted by atomic mass is 9.99. The molecule has 3 rings (SSSR count). The maximum Gasteiger partial charge on any atom is 0.0402 e. The summed E-state index contributed by atoms with van der Waals surface area (Å²) in [6.45, 7) is 10.3. The van der Waals surface area contributed by atoms with Gasteiger partial charge >= 0.3 is 0 Å². The molecule has 1 aromatic rings. The van der Waals surface area contributed by atoms with Crippen molar-refractivity contribution in [3.05, 3.63) is 29.3 Å². The van der Waals surface area contributed by atoms with Crippen molar-refractivity contribution in [3.8, 4) is 0 Å². The Kier molecular flexibility index (Phi) is 4.23. The van der Waals surface area contributed by atoms with Gasteiger partial charge in [0.25, 0.3) is 0 Å². The molecule has 3 atom stereocenters. The molecule has 0 aromatic heterocycles. The van der Waals surface area contributed by atoms with Crippen molar-refractivity contribution in [3.63, 3.8) is 0 Å². The molecule has 2 heterocycles. The molecule has 2 aliphatic heterocycles. The van der Waals surface area contributed by atoms with Crippen molar-refractivity contribution in [2.24, 2.45) is 5.73 Å². The fraction of sp³-hybridized carbons (Fsp3) is 0.667. The molecule has 0 bridgehead atoms. The van der Waals surface area contributed by atoms with Crippen LogP contribution in [0.15, 0.2) is 18.2 Å². The molecule has 2 saturated heterocycles. The molecule has 2 aliphatic rings. The van der Waals surface area contributed by atoms with Crippen molar-refractivity contribution in [1.29, 1.82) is 0 Å². The van der Waals surface area contributed by atoms with Crippen molar-refractivity contribution >= 4 is 5.69 Å². The first-order valence-corrected chi connectivity index (χ1v) is 8.40. The van der Waals surface area contributed by atoms with Crippen LogP contribution in [0.5, 0.6) is 0 Å². The average molecular weight is 287 g/mol.